The van der Waals surface area contributed by atoms with Crippen LogP contribution in [-0.2, 0) is 0 Å². The first-order chi connectivity index (χ1) is 4.81. The molecule has 0 aromatic rings. The lowest BCUT2D eigenvalue weighted by Gasteiger charge is -1.84. The minimum Gasteiger partial charge on any atom is -0.313 e. The Labute approximate surface area is 63.0 Å². The molecule has 0 aliphatic rings. The zero-order valence-electron chi connectivity index (χ0n) is 6.78. The van der Waals surface area contributed by atoms with Crippen LogP contribution in [0.2, 0.25) is 0 Å². The van der Waals surface area contributed by atoms with E-state index in [4.69, 9.17) is 5.41 Å². The molecule has 0 aliphatic carbocycles. The van der Waals surface area contributed by atoms with E-state index in [9.17, 15) is 0 Å². The van der Waals surface area contributed by atoms with Crippen molar-refractivity contribution in [3.8, 4) is 0 Å². The maximum absolute atomic E-state index is 6.75. The largest absolute Gasteiger partial charge is 0.313 e. The van der Waals surface area contributed by atoms with Gasteiger partial charge in [0.2, 0.25) is 0 Å². The zero-order chi connectivity index (χ0) is 7.82. The van der Waals surface area contributed by atoms with Gasteiger partial charge in [0.25, 0.3) is 0 Å². The zero-order valence-corrected chi connectivity index (χ0v) is 6.78. The van der Waals surface area contributed by atoms with Crippen molar-refractivity contribution in [1.82, 2.24) is 0 Å². The predicted octanol–water partition coefficient (Wildman–Crippen LogP) is 2.93. The third kappa shape index (κ3) is 5.33. The molecule has 0 rings (SSSR count). The molecule has 0 unspecified atom stereocenters. The van der Waals surface area contributed by atoms with Crippen molar-refractivity contribution in [2.45, 2.75) is 33.1 Å². The third-order valence-corrected chi connectivity index (χ3v) is 1.33. The molecular formula is C9H15N. The Kier molecular flexibility index (Phi) is 5.80. The first-order valence-electron chi connectivity index (χ1n) is 3.70. The van der Waals surface area contributed by atoms with Gasteiger partial charge in [-0.25, -0.2) is 0 Å². The van der Waals surface area contributed by atoms with Crippen LogP contribution in [0.4, 0.5) is 0 Å². The van der Waals surface area contributed by atoms with Crippen molar-refractivity contribution in [3.05, 3.63) is 17.4 Å². The van der Waals surface area contributed by atoms with Crippen LogP contribution in [0.25, 0.3) is 0 Å². The lowest BCUT2D eigenvalue weighted by atomic mass is 10.2. The minimum absolute atomic E-state index is 0.837. The van der Waals surface area contributed by atoms with Crippen molar-refractivity contribution < 1.29 is 0 Å². The Morgan fingerprint density at radius 1 is 1.50 bits per heavy atom. The highest BCUT2D eigenvalue weighted by atomic mass is 14.3. The van der Waals surface area contributed by atoms with Crippen LogP contribution in [0.1, 0.15) is 33.1 Å². The number of unbranched alkanes of at least 4 members (excludes halogenated alkanes) is 1. The number of nitrogens with one attached hydrogen (secondary N) is 1. The van der Waals surface area contributed by atoms with Crippen LogP contribution >= 0.6 is 0 Å². The molecule has 1 heteroatoms. The van der Waals surface area contributed by atoms with E-state index in [-0.39, 0.29) is 0 Å². The minimum atomic E-state index is 0.837. The second-order valence-corrected chi connectivity index (χ2v) is 2.26. The van der Waals surface area contributed by atoms with E-state index in [1.165, 1.54) is 11.8 Å². The van der Waals surface area contributed by atoms with E-state index in [2.05, 4.69) is 19.6 Å². The van der Waals surface area contributed by atoms with Crippen LogP contribution in [-0.4, -0.2) is 6.21 Å². The highest BCUT2D eigenvalue weighted by Gasteiger charge is 1.77. The molecule has 0 radical (unpaired) electrons. The predicted molar refractivity (Wildman–Crippen MR) is 45.6 cm³/mol. The Morgan fingerprint density at radius 2 is 2.20 bits per heavy atom. The maximum Gasteiger partial charge on any atom is -0.00444 e. The van der Waals surface area contributed by atoms with E-state index < -0.39 is 0 Å². The average molecular weight is 137 g/mol. The van der Waals surface area contributed by atoms with Crippen molar-refractivity contribution in [3.63, 3.8) is 0 Å². The molecule has 0 saturated carbocycles. The average Bonchev–Trinajstić information content (AvgIpc) is 1.98. The normalized spacial score (nSPS) is 8.20. The molecule has 0 aromatic carbocycles. The summed E-state index contributed by atoms with van der Waals surface area (Å²) in [6, 6.07) is 0. The summed E-state index contributed by atoms with van der Waals surface area (Å²) in [6.07, 6.45) is 6.29. The fraction of sp³-hybridized carbons (Fsp3) is 0.556. The quantitative estimate of drug-likeness (QED) is 0.350. The number of hydrogen-bond donors (Lipinski definition) is 1. The molecule has 1 N–H and O–H groups in total. The van der Waals surface area contributed by atoms with E-state index in [1.807, 2.05) is 6.08 Å². The fourth-order valence-electron chi connectivity index (χ4n) is 0.515. The van der Waals surface area contributed by atoms with Gasteiger partial charge >= 0.3 is 0 Å². The first-order valence-corrected chi connectivity index (χ1v) is 3.70. The standard InChI is InChI=1S/C9H15N/c1-3-9(2)7-5-4-6-8-10/h5,8,10H,3-4,6H2,1-2H3. The summed E-state index contributed by atoms with van der Waals surface area (Å²) in [5.74, 6) is 0. The van der Waals surface area contributed by atoms with Crippen LogP contribution in [0, 0.1) is 5.41 Å². The summed E-state index contributed by atoms with van der Waals surface area (Å²) in [5, 5.41) is 6.75. The molecule has 56 valence electrons. The van der Waals surface area contributed by atoms with Gasteiger partial charge in [0.15, 0.2) is 0 Å². The molecule has 0 amide bonds. The molecule has 1 nitrogen and oxygen atoms in total. The fourth-order valence-corrected chi connectivity index (χ4v) is 0.515. The molecule has 0 saturated heterocycles. The second kappa shape index (κ2) is 6.31. The molecule has 0 fully saturated rings. The van der Waals surface area contributed by atoms with Crippen LogP contribution in [0.3, 0.4) is 0 Å². The smallest absolute Gasteiger partial charge is 0.00444 e. The van der Waals surface area contributed by atoms with E-state index in [0.29, 0.717) is 0 Å². The highest BCUT2D eigenvalue weighted by Crippen LogP contribution is 1.95. The van der Waals surface area contributed by atoms with Gasteiger partial charge in [-0.2, -0.15) is 0 Å². The van der Waals surface area contributed by atoms with Gasteiger partial charge in [0, 0.05) is 0 Å². The second-order valence-electron chi connectivity index (χ2n) is 2.26. The highest BCUT2D eigenvalue weighted by molar-refractivity contribution is 5.52. The molecule has 0 heterocycles. The van der Waals surface area contributed by atoms with Gasteiger partial charge in [-0.05, 0) is 44.0 Å². The Balaban J connectivity index is 3.61. The maximum atomic E-state index is 6.75. The van der Waals surface area contributed by atoms with Crippen LogP contribution in [0.15, 0.2) is 17.4 Å². The molecule has 0 atom stereocenters. The van der Waals surface area contributed by atoms with E-state index in [0.717, 1.165) is 19.3 Å². The van der Waals surface area contributed by atoms with Crippen molar-refractivity contribution in [2.75, 3.05) is 0 Å². The van der Waals surface area contributed by atoms with Gasteiger partial charge in [-0.1, -0.05) is 6.92 Å². The summed E-state index contributed by atoms with van der Waals surface area (Å²) >= 11 is 0. The summed E-state index contributed by atoms with van der Waals surface area (Å²) in [5.41, 5.74) is 4.44. The number of rotatable bonds is 4. The summed E-state index contributed by atoms with van der Waals surface area (Å²) in [7, 11) is 0. The summed E-state index contributed by atoms with van der Waals surface area (Å²) in [6.45, 7) is 4.19. The van der Waals surface area contributed by atoms with Gasteiger partial charge in [-0.15, -0.1) is 5.73 Å². The van der Waals surface area contributed by atoms with Gasteiger partial charge < -0.3 is 5.41 Å². The van der Waals surface area contributed by atoms with Gasteiger partial charge in [0.1, 0.15) is 0 Å². The summed E-state index contributed by atoms with van der Waals surface area (Å²) in [4.78, 5) is 0. The SMILES string of the molecule is CCC(C)=C=CCCC=N. The van der Waals surface area contributed by atoms with Gasteiger partial charge in [-0.3, -0.25) is 0 Å². The monoisotopic (exact) mass is 137 g/mol. The molecule has 10 heavy (non-hydrogen) atoms. The van der Waals surface area contributed by atoms with Crippen LogP contribution in [0.5, 0.6) is 0 Å². The molecular weight excluding hydrogens is 122 g/mol. The van der Waals surface area contributed by atoms with Crippen LogP contribution < -0.4 is 0 Å². The molecule has 0 spiro atoms. The van der Waals surface area contributed by atoms with E-state index in [1.54, 1.807) is 0 Å². The van der Waals surface area contributed by atoms with Crippen molar-refractivity contribution >= 4 is 6.21 Å². The molecule has 0 bridgehead atoms. The number of hydrogen-bond acceptors (Lipinski definition) is 1. The molecule has 0 aliphatic heterocycles. The lowest BCUT2D eigenvalue weighted by Crippen LogP contribution is -1.69. The Bertz CT molecular complexity index is 150. The molecule has 0 aromatic heterocycles. The Hall–Kier alpha value is -0.810. The topological polar surface area (TPSA) is 23.9 Å². The van der Waals surface area contributed by atoms with Crippen molar-refractivity contribution in [1.29, 1.82) is 5.41 Å². The summed E-state index contributed by atoms with van der Waals surface area (Å²) < 4.78 is 0. The number of allylic oxidation sites excluding steroid dienone is 1. The van der Waals surface area contributed by atoms with Crippen molar-refractivity contribution in [2.24, 2.45) is 0 Å². The lowest BCUT2D eigenvalue weighted by molar-refractivity contribution is 1.08. The Morgan fingerprint density at radius 3 is 2.70 bits per heavy atom. The first kappa shape index (κ1) is 9.19. The van der Waals surface area contributed by atoms with Gasteiger partial charge in [0.05, 0.1) is 0 Å². The van der Waals surface area contributed by atoms with E-state index >= 15 is 0 Å². The third-order valence-electron chi connectivity index (χ3n) is 1.33.